The van der Waals surface area contributed by atoms with Crippen LogP contribution >= 0.6 is 11.6 Å². The molecule has 3 rings (SSSR count). The van der Waals surface area contributed by atoms with E-state index in [1.807, 2.05) is 0 Å². The first-order valence-corrected chi connectivity index (χ1v) is 14.7. The van der Waals surface area contributed by atoms with Gasteiger partial charge in [0.15, 0.2) is 15.5 Å². The SMILES string of the molecule is C[C@H](/C=C\S(C)(=O)=O)NC(=O)[C@@]1(F)CCCN(C(=O)[C@H]2CN(CC(F)(F)F)C[C@H]2c2cccc(F)c2Cl)CC1. The average molecular weight is 600 g/mol. The predicted octanol–water partition coefficient (Wildman–Crippen LogP) is 3.84. The van der Waals surface area contributed by atoms with Gasteiger partial charge in [0.25, 0.3) is 5.91 Å². The van der Waals surface area contributed by atoms with Crippen LogP contribution in [0.2, 0.25) is 5.02 Å². The highest BCUT2D eigenvalue weighted by Gasteiger charge is 2.46. The molecule has 1 aromatic rings. The van der Waals surface area contributed by atoms with E-state index in [4.69, 9.17) is 11.6 Å². The van der Waals surface area contributed by atoms with Crippen LogP contribution in [0.1, 0.15) is 37.7 Å². The Morgan fingerprint density at radius 2 is 1.92 bits per heavy atom. The summed E-state index contributed by atoms with van der Waals surface area (Å²) in [7, 11) is -3.43. The number of rotatable bonds is 7. The first-order chi connectivity index (χ1) is 18.0. The summed E-state index contributed by atoms with van der Waals surface area (Å²) in [6.45, 7) is -0.241. The molecular weight excluding hydrogens is 569 g/mol. The highest BCUT2D eigenvalue weighted by Crippen LogP contribution is 2.40. The van der Waals surface area contributed by atoms with Crippen LogP contribution in [0.5, 0.6) is 0 Å². The van der Waals surface area contributed by atoms with Crippen molar-refractivity contribution in [2.24, 2.45) is 5.92 Å². The monoisotopic (exact) mass is 599 g/mol. The van der Waals surface area contributed by atoms with Crippen molar-refractivity contribution in [1.29, 1.82) is 0 Å². The molecule has 2 heterocycles. The molecule has 2 aliphatic heterocycles. The van der Waals surface area contributed by atoms with Crippen molar-refractivity contribution in [3.63, 3.8) is 0 Å². The zero-order chi connectivity index (χ0) is 29.2. The number of benzene rings is 1. The number of nitrogens with one attached hydrogen (secondary N) is 1. The lowest BCUT2D eigenvalue weighted by Crippen LogP contribution is -2.47. The Hall–Kier alpha value is -2.25. The largest absolute Gasteiger partial charge is 0.401 e. The van der Waals surface area contributed by atoms with E-state index in [1.165, 1.54) is 30.0 Å². The number of sulfone groups is 1. The standard InChI is InChI=1S/C25H31ClF5N3O4S/c1-16(7-12-39(2,37)38)32-23(36)24(28)8-4-10-34(11-9-24)22(35)19-14-33(15-25(29,30)31)13-18(19)17-5-3-6-20(27)21(17)26/h3,5-7,12,16,18-19H,4,8-11,13-15H2,1-2H3,(H,32,36)/b12-7-/t16-,18+,19+,24-/m1/s1. The van der Waals surface area contributed by atoms with Crippen molar-refractivity contribution >= 4 is 33.3 Å². The van der Waals surface area contributed by atoms with Gasteiger partial charge in [-0.3, -0.25) is 14.5 Å². The molecule has 14 heteroatoms. The fourth-order valence-corrected chi connectivity index (χ4v) is 5.85. The summed E-state index contributed by atoms with van der Waals surface area (Å²) in [6, 6.07) is 3.20. The van der Waals surface area contributed by atoms with Crippen LogP contribution in [-0.4, -0.2) is 86.9 Å². The molecule has 2 amide bonds. The maximum atomic E-state index is 15.7. The second-order valence-electron chi connectivity index (χ2n) is 10.2. The van der Waals surface area contributed by atoms with Gasteiger partial charge >= 0.3 is 6.18 Å². The summed E-state index contributed by atoms with van der Waals surface area (Å²) in [5.74, 6) is -4.00. The first-order valence-electron chi connectivity index (χ1n) is 12.4. The molecule has 0 aromatic heterocycles. The molecule has 7 nitrogen and oxygen atoms in total. The van der Waals surface area contributed by atoms with E-state index in [9.17, 15) is 35.6 Å². The molecule has 2 fully saturated rings. The van der Waals surface area contributed by atoms with Gasteiger partial charge in [-0.05, 0) is 31.4 Å². The van der Waals surface area contributed by atoms with Crippen LogP contribution in [0, 0.1) is 11.7 Å². The number of likely N-dealkylation sites (tertiary alicyclic amines) is 2. The van der Waals surface area contributed by atoms with Gasteiger partial charge in [0.2, 0.25) is 5.91 Å². The fraction of sp³-hybridized carbons (Fsp3) is 0.600. The Bertz CT molecular complexity index is 1210. The number of hydrogen-bond acceptors (Lipinski definition) is 5. The third-order valence-electron chi connectivity index (χ3n) is 6.97. The molecule has 0 bridgehead atoms. The molecule has 0 saturated carbocycles. The minimum atomic E-state index is -4.51. The molecule has 0 spiro atoms. The van der Waals surface area contributed by atoms with Crippen molar-refractivity contribution in [2.45, 2.75) is 50.0 Å². The van der Waals surface area contributed by atoms with Gasteiger partial charge in [0.1, 0.15) is 5.82 Å². The minimum absolute atomic E-state index is 0.0840. The van der Waals surface area contributed by atoms with Crippen LogP contribution < -0.4 is 5.32 Å². The Morgan fingerprint density at radius 3 is 2.56 bits per heavy atom. The van der Waals surface area contributed by atoms with E-state index in [0.29, 0.717) is 0 Å². The van der Waals surface area contributed by atoms with Crippen molar-refractivity contribution in [3.8, 4) is 0 Å². The normalized spacial score (nSPS) is 26.0. The van der Waals surface area contributed by atoms with Crippen molar-refractivity contribution in [3.05, 3.63) is 46.1 Å². The van der Waals surface area contributed by atoms with Crippen LogP contribution in [0.15, 0.2) is 29.7 Å². The Kier molecular flexibility index (Phi) is 9.70. The summed E-state index contributed by atoms with van der Waals surface area (Å²) >= 11 is 6.12. The molecule has 0 radical (unpaired) electrons. The van der Waals surface area contributed by atoms with Gasteiger partial charge in [-0.25, -0.2) is 17.2 Å². The number of halogens is 6. The quantitative estimate of drug-likeness (QED) is 0.482. The molecule has 0 aliphatic carbocycles. The summed E-state index contributed by atoms with van der Waals surface area (Å²) in [4.78, 5) is 28.7. The van der Waals surface area contributed by atoms with E-state index in [2.05, 4.69) is 5.32 Å². The van der Waals surface area contributed by atoms with E-state index >= 15 is 4.39 Å². The zero-order valence-electron chi connectivity index (χ0n) is 21.5. The first kappa shape index (κ1) is 31.3. The lowest BCUT2D eigenvalue weighted by atomic mass is 9.87. The van der Waals surface area contributed by atoms with Gasteiger partial charge in [-0.2, -0.15) is 13.2 Å². The molecule has 218 valence electrons. The third kappa shape index (κ3) is 8.37. The van der Waals surface area contributed by atoms with Crippen LogP contribution in [0.3, 0.4) is 0 Å². The minimum Gasteiger partial charge on any atom is -0.347 e. The second kappa shape index (κ2) is 12.1. The van der Waals surface area contributed by atoms with E-state index in [1.54, 1.807) is 0 Å². The lowest BCUT2D eigenvalue weighted by Gasteiger charge is -2.28. The Balaban J connectivity index is 1.75. The summed E-state index contributed by atoms with van der Waals surface area (Å²) in [5.41, 5.74) is -2.10. The van der Waals surface area contributed by atoms with E-state index in [0.717, 1.165) is 22.6 Å². The number of amides is 2. The molecule has 4 atom stereocenters. The average Bonchev–Trinajstić information content (AvgIpc) is 3.10. The second-order valence-corrected chi connectivity index (χ2v) is 12.5. The third-order valence-corrected chi connectivity index (χ3v) is 8.02. The van der Waals surface area contributed by atoms with Crippen LogP contribution in [0.4, 0.5) is 22.0 Å². The van der Waals surface area contributed by atoms with Gasteiger partial charge < -0.3 is 10.2 Å². The number of carbonyl (C=O) groups excluding carboxylic acids is 2. The molecule has 0 unspecified atom stereocenters. The number of hydrogen-bond donors (Lipinski definition) is 1. The topological polar surface area (TPSA) is 86.8 Å². The van der Waals surface area contributed by atoms with Crippen LogP contribution in [-0.2, 0) is 19.4 Å². The van der Waals surface area contributed by atoms with E-state index in [-0.39, 0.29) is 56.0 Å². The maximum Gasteiger partial charge on any atom is 0.401 e. The van der Waals surface area contributed by atoms with E-state index < -0.39 is 63.7 Å². The predicted molar refractivity (Wildman–Crippen MR) is 136 cm³/mol. The highest BCUT2D eigenvalue weighted by atomic mass is 35.5. The molecule has 2 saturated heterocycles. The maximum absolute atomic E-state index is 15.7. The van der Waals surface area contributed by atoms with Gasteiger partial charge in [-0.15, -0.1) is 0 Å². The Morgan fingerprint density at radius 1 is 1.23 bits per heavy atom. The number of nitrogens with zero attached hydrogens (tertiary/aromatic N) is 2. The van der Waals surface area contributed by atoms with Crippen LogP contribution in [0.25, 0.3) is 0 Å². The summed E-state index contributed by atoms with van der Waals surface area (Å²) < 4.78 is 91.8. The summed E-state index contributed by atoms with van der Waals surface area (Å²) in [5, 5.41) is 3.07. The van der Waals surface area contributed by atoms with Crippen molar-refractivity contribution in [2.75, 3.05) is 39.0 Å². The number of alkyl halides is 4. The molecule has 39 heavy (non-hydrogen) atoms. The molecule has 1 N–H and O–H groups in total. The summed E-state index contributed by atoms with van der Waals surface area (Å²) in [6.07, 6.45) is -2.75. The van der Waals surface area contributed by atoms with Crippen molar-refractivity contribution < 1.29 is 40.0 Å². The molecule has 2 aliphatic rings. The fourth-order valence-electron chi connectivity index (χ4n) is 5.07. The van der Waals surface area contributed by atoms with Gasteiger partial charge in [-0.1, -0.05) is 29.8 Å². The smallest absolute Gasteiger partial charge is 0.347 e. The number of carbonyl (C=O) groups is 2. The zero-order valence-corrected chi connectivity index (χ0v) is 23.1. The van der Waals surface area contributed by atoms with Gasteiger partial charge in [0, 0.05) is 56.2 Å². The van der Waals surface area contributed by atoms with Gasteiger partial charge in [0.05, 0.1) is 17.5 Å². The van der Waals surface area contributed by atoms with Crippen molar-refractivity contribution in [1.82, 2.24) is 15.1 Å². The highest BCUT2D eigenvalue weighted by molar-refractivity contribution is 7.93. The Labute approximate surface area is 229 Å². The molecule has 1 aromatic carbocycles. The molecular formula is C25H31ClF5N3O4S. The lowest BCUT2D eigenvalue weighted by molar-refractivity contribution is -0.146.